The number of hydrogen-bond donors (Lipinski definition) is 0. The molecular weight excluding hydrogens is 269 g/mol. The van der Waals surface area contributed by atoms with Crippen LogP contribution in [0.2, 0.25) is 0 Å². The van der Waals surface area contributed by atoms with Crippen LogP contribution in [0.1, 0.15) is 24.5 Å². The van der Waals surface area contributed by atoms with Gasteiger partial charge in [0.1, 0.15) is 0 Å². The van der Waals surface area contributed by atoms with Gasteiger partial charge in [0.25, 0.3) is 0 Å². The molecule has 0 aliphatic rings. The van der Waals surface area contributed by atoms with Crippen LogP contribution in [0.3, 0.4) is 0 Å². The van der Waals surface area contributed by atoms with Gasteiger partial charge in [-0.3, -0.25) is 0 Å². The normalized spacial score (nSPS) is 11.8. The first-order valence-corrected chi connectivity index (χ1v) is 6.75. The summed E-state index contributed by atoms with van der Waals surface area (Å²) < 4.78 is 36.9. The van der Waals surface area contributed by atoms with E-state index in [-0.39, 0.29) is 11.8 Å². The van der Waals surface area contributed by atoms with E-state index in [0.717, 1.165) is 24.0 Å². The van der Waals surface area contributed by atoms with Crippen molar-refractivity contribution in [2.24, 2.45) is 0 Å². The van der Waals surface area contributed by atoms with Crippen LogP contribution in [-0.2, 0) is 12.8 Å². The Hall–Kier alpha value is -0.350. The SMILES string of the molecule is CCc1cc(CCCCl)ccc1SC(F)(F)F. The summed E-state index contributed by atoms with van der Waals surface area (Å²) >= 11 is 5.55. The highest BCUT2D eigenvalue weighted by Crippen LogP contribution is 2.39. The molecular formula is C12H14ClF3S. The summed E-state index contributed by atoms with van der Waals surface area (Å²) in [6.45, 7) is 1.86. The minimum Gasteiger partial charge on any atom is -0.160 e. The standard InChI is InChI=1S/C12H14ClF3S/c1-2-10-8-9(4-3-7-13)5-6-11(10)17-12(14,15)16/h5-6,8H,2-4,7H2,1H3. The van der Waals surface area contributed by atoms with Crippen molar-refractivity contribution in [2.75, 3.05) is 5.88 Å². The predicted molar refractivity (Wildman–Crippen MR) is 66.8 cm³/mol. The Bertz CT molecular complexity index is 363. The van der Waals surface area contributed by atoms with E-state index in [1.165, 1.54) is 0 Å². The van der Waals surface area contributed by atoms with Crippen molar-refractivity contribution in [2.45, 2.75) is 36.6 Å². The van der Waals surface area contributed by atoms with Crippen LogP contribution in [-0.4, -0.2) is 11.4 Å². The van der Waals surface area contributed by atoms with E-state index in [1.54, 1.807) is 12.1 Å². The molecule has 0 aromatic heterocycles. The zero-order valence-electron chi connectivity index (χ0n) is 9.48. The lowest BCUT2D eigenvalue weighted by Gasteiger charge is -2.11. The topological polar surface area (TPSA) is 0 Å². The highest BCUT2D eigenvalue weighted by atomic mass is 35.5. The molecule has 0 spiro atoms. The van der Waals surface area contributed by atoms with E-state index in [0.29, 0.717) is 17.2 Å². The zero-order valence-corrected chi connectivity index (χ0v) is 11.1. The minimum absolute atomic E-state index is 0.0416. The fraction of sp³-hybridized carbons (Fsp3) is 0.500. The average molecular weight is 283 g/mol. The Kier molecular flexibility index (Phi) is 5.67. The van der Waals surface area contributed by atoms with Crippen LogP contribution in [0.25, 0.3) is 0 Å². The van der Waals surface area contributed by atoms with E-state index in [1.807, 2.05) is 13.0 Å². The summed E-state index contributed by atoms with van der Waals surface area (Å²) in [6, 6.07) is 5.15. The summed E-state index contributed by atoms with van der Waals surface area (Å²) in [5.41, 5.74) is -2.42. The van der Waals surface area contributed by atoms with Crippen LogP contribution < -0.4 is 0 Å². The molecule has 1 aromatic carbocycles. The Morgan fingerprint density at radius 3 is 2.53 bits per heavy atom. The largest absolute Gasteiger partial charge is 0.446 e. The van der Waals surface area contributed by atoms with Crippen LogP contribution in [0.5, 0.6) is 0 Å². The summed E-state index contributed by atoms with van der Waals surface area (Å²) in [5.74, 6) is 0.570. The van der Waals surface area contributed by atoms with Crippen LogP contribution >= 0.6 is 23.4 Å². The molecule has 0 fully saturated rings. The molecule has 0 saturated heterocycles. The molecule has 5 heteroatoms. The summed E-state index contributed by atoms with van der Waals surface area (Å²) in [4.78, 5) is 0.301. The average Bonchev–Trinajstić information content (AvgIpc) is 2.25. The van der Waals surface area contributed by atoms with Crippen LogP contribution in [0, 0.1) is 0 Å². The van der Waals surface area contributed by atoms with E-state index < -0.39 is 5.51 Å². The fourth-order valence-electron chi connectivity index (χ4n) is 1.56. The number of hydrogen-bond acceptors (Lipinski definition) is 1. The number of halogens is 4. The highest BCUT2D eigenvalue weighted by molar-refractivity contribution is 8.00. The molecule has 0 unspecified atom stereocenters. The number of benzene rings is 1. The Morgan fingerprint density at radius 1 is 1.29 bits per heavy atom. The molecule has 0 atom stereocenters. The highest BCUT2D eigenvalue weighted by Gasteiger charge is 2.30. The Labute approximate surface area is 109 Å². The van der Waals surface area contributed by atoms with Crippen molar-refractivity contribution >= 4 is 23.4 Å². The molecule has 17 heavy (non-hydrogen) atoms. The van der Waals surface area contributed by atoms with Gasteiger partial charge in [-0.25, -0.2) is 0 Å². The monoisotopic (exact) mass is 282 g/mol. The Morgan fingerprint density at radius 2 is 2.00 bits per heavy atom. The summed E-state index contributed by atoms with van der Waals surface area (Å²) in [5, 5.41) is 0. The van der Waals surface area contributed by atoms with Gasteiger partial charge in [-0.15, -0.1) is 11.6 Å². The first kappa shape index (κ1) is 14.7. The zero-order chi connectivity index (χ0) is 12.9. The van der Waals surface area contributed by atoms with Gasteiger partial charge < -0.3 is 0 Å². The van der Waals surface area contributed by atoms with Gasteiger partial charge in [0.2, 0.25) is 0 Å². The third-order valence-electron chi connectivity index (χ3n) is 2.33. The summed E-state index contributed by atoms with van der Waals surface area (Å²) in [6.07, 6.45) is 2.26. The lowest BCUT2D eigenvalue weighted by Crippen LogP contribution is -2.01. The van der Waals surface area contributed by atoms with E-state index in [4.69, 9.17) is 11.6 Å². The van der Waals surface area contributed by atoms with Crippen molar-refractivity contribution in [3.63, 3.8) is 0 Å². The molecule has 1 aromatic rings. The second kappa shape index (κ2) is 6.55. The van der Waals surface area contributed by atoms with Gasteiger partial charge in [-0.2, -0.15) is 13.2 Å². The first-order chi connectivity index (χ1) is 7.96. The maximum atomic E-state index is 12.3. The van der Waals surface area contributed by atoms with Gasteiger partial charge in [-0.1, -0.05) is 19.1 Å². The van der Waals surface area contributed by atoms with Crippen molar-refractivity contribution in [3.05, 3.63) is 29.3 Å². The molecule has 0 radical (unpaired) electrons. The van der Waals surface area contributed by atoms with E-state index in [2.05, 4.69) is 0 Å². The lowest BCUT2D eigenvalue weighted by molar-refractivity contribution is -0.0328. The molecule has 0 nitrogen and oxygen atoms in total. The third kappa shape index (κ3) is 5.21. The smallest absolute Gasteiger partial charge is 0.160 e. The molecule has 0 amide bonds. The van der Waals surface area contributed by atoms with Gasteiger partial charge in [0, 0.05) is 10.8 Å². The minimum atomic E-state index is -4.22. The van der Waals surface area contributed by atoms with Crippen molar-refractivity contribution in [3.8, 4) is 0 Å². The molecule has 1 rings (SSSR count). The number of rotatable bonds is 5. The summed E-state index contributed by atoms with van der Waals surface area (Å²) in [7, 11) is 0. The van der Waals surface area contributed by atoms with E-state index in [9.17, 15) is 13.2 Å². The molecule has 0 saturated carbocycles. The molecule has 0 heterocycles. The molecule has 0 aliphatic heterocycles. The van der Waals surface area contributed by atoms with Crippen molar-refractivity contribution in [1.29, 1.82) is 0 Å². The van der Waals surface area contributed by atoms with Crippen molar-refractivity contribution in [1.82, 2.24) is 0 Å². The number of aryl methyl sites for hydroxylation is 2. The number of alkyl halides is 4. The van der Waals surface area contributed by atoms with E-state index >= 15 is 0 Å². The second-order valence-corrected chi connectivity index (χ2v) is 5.12. The maximum absolute atomic E-state index is 12.3. The van der Waals surface area contributed by atoms with Gasteiger partial charge in [0.05, 0.1) is 0 Å². The first-order valence-electron chi connectivity index (χ1n) is 5.39. The van der Waals surface area contributed by atoms with Gasteiger partial charge >= 0.3 is 5.51 Å². The molecule has 0 N–H and O–H groups in total. The molecule has 96 valence electrons. The molecule has 0 aliphatic carbocycles. The van der Waals surface area contributed by atoms with Crippen molar-refractivity contribution < 1.29 is 13.2 Å². The second-order valence-electron chi connectivity index (χ2n) is 3.64. The van der Waals surface area contributed by atoms with Gasteiger partial charge in [-0.05, 0) is 48.2 Å². The van der Waals surface area contributed by atoms with Crippen LogP contribution in [0.15, 0.2) is 23.1 Å². The predicted octanol–water partition coefficient (Wildman–Crippen LogP) is 5.03. The lowest BCUT2D eigenvalue weighted by atomic mass is 10.1. The third-order valence-corrected chi connectivity index (χ3v) is 3.45. The maximum Gasteiger partial charge on any atom is 0.446 e. The fourth-order valence-corrected chi connectivity index (χ4v) is 2.41. The quantitative estimate of drug-likeness (QED) is 0.539. The molecule has 0 bridgehead atoms. The Balaban J connectivity index is 2.85. The van der Waals surface area contributed by atoms with Gasteiger partial charge in [0.15, 0.2) is 0 Å². The number of thioether (sulfide) groups is 1. The van der Waals surface area contributed by atoms with Crippen LogP contribution in [0.4, 0.5) is 13.2 Å².